The Kier molecular flexibility index (Phi) is 3.84. The van der Waals surface area contributed by atoms with Gasteiger partial charge in [-0.15, -0.1) is 0 Å². The highest BCUT2D eigenvalue weighted by Gasteiger charge is 2.06. The number of nitrogens with zero attached hydrogens (tertiary/aromatic N) is 4. The molecule has 0 amide bonds. The molecule has 0 bridgehead atoms. The highest BCUT2D eigenvalue weighted by Crippen LogP contribution is 2.24. The Morgan fingerprint density at radius 1 is 1.00 bits per heavy atom. The molecule has 0 aliphatic heterocycles. The highest BCUT2D eigenvalue weighted by molar-refractivity contribution is 5.88. The van der Waals surface area contributed by atoms with E-state index in [2.05, 4.69) is 25.3 Å². The van der Waals surface area contributed by atoms with Crippen molar-refractivity contribution in [3.63, 3.8) is 0 Å². The first-order chi connectivity index (χ1) is 12.7. The molecule has 0 unspecified atom stereocenters. The molecule has 2 N–H and O–H groups in total. The monoisotopic (exact) mass is 340 g/mol. The summed E-state index contributed by atoms with van der Waals surface area (Å²) in [5.74, 6) is 0.542. The van der Waals surface area contributed by atoms with Gasteiger partial charge in [0.05, 0.1) is 5.39 Å². The maximum Gasteiger partial charge on any atom is 0.348 e. The molecule has 7 heteroatoms. The van der Waals surface area contributed by atoms with Crippen molar-refractivity contribution in [3.8, 4) is 17.2 Å². The Morgan fingerprint density at radius 3 is 2.54 bits per heavy atom. The topological polar surface area (TPSA) is 107 Å². The lowest BCUT2D eigenvalue weighted by molar-refractivity contribution is 1.10. The predicted molar refractivity (Wildman–Crippen MR) is 97.8 cm³/mol. The summed E-state index contributed by atoms with van der Waals surface area (Å²) in [7, 11) is 0. The molecule has 0 aliphatic rings. The number of hydrogen-bond donors (Lipinski definition) is 2. The Hall–Kier alpha value is -4.05. The molecule has 4 rings (SSSR count). The zero-order chi connectivity index (χ0) is 17.9. The minimum atomic E-state index is -0.459. The van der Waals surface area contributed by atoms with Crippen LogP contribution in [0.1, 0.15) is 5.69 Å². The van der Waals surface area contributed by atoms with Gasteiger partial charge in [-0.25, -0.2) is 14.8 Å². The second-order valence-electron chi connectivity index (χ2n) is 5.54. The van der Waals surface area contributed by atoms with Crippen LogP contribution in [0.5, 0.6) is 0 Å². The van der Waals surface area contributed by atoms with Crippen LogP contribution < -0.4 is 11.0 Å². The summed E-state index contributed by atoms with van der Waals surface area (Å²) in [5, 5.41) is 12.7. The van der Waals surface area contributed by atoms with Crippen molar-refractivity contribution in [1.82, 2.24) is 19.9 Å². The van der Waals surface area contributed by atoms with Crippen molar-refractivity contribution >= 4 is 22.5 Å². The second-order valence-corrected chi connectivity index (χ2v) is 5.54. The summed E-state index contributed by atoms with van der Waals surface area (Å²) in [6.07, 6.45) is 3.26. The number of pyridine rings is 2. The Balaban J connectivity index is 1.64. The molecule has 0 aliphatic carbocycles. The summed E-state index contributed by atoms with van der Waals surface area (Å²) in [6, 6.07) is 16.8. The summed E-state index contributed by atoms with van der Waals surface area (Å²) in [6.45, 7) is 0. The molecule has 3 heterocycles. The fourth-order valence-electron chi connectivity index (χ4n) is 2.60. The normalized spacial score (nSPS) is 10.4. The van der Waals surface area contributed by atoms with Gasteiger partial charge in [-0.3, -0.25) is 4.98 Å². The molecular weight excluding hydrogens is 328 g/mol. The van der Waals surface area contributed by atoms with Gasteiger partial charge in [-0.05, 0) is 42.0 Å². The average Bonchev–Trinajstić information content (AvgIpc) is 2.68. The number of aromatic amines is 1. The SMILES string of the molecule is N#Cc1ccc(-c2ccc(Nc3[nH]c(=O)nc4ncccc34)cc2)cn1. The van der Waals surface area contributed by atoms with E-state index in [9.17, 15) is 4.79 Å². The predicted octanol–water partition coefficient (Wildman–Crippen LogP) is 3.00. The number of nitrogens with one attached hydrogen (secondary N) is 2. The molecule has 0 radical (unpaired) electrons. The van der Waals surface area contributed by atoms with E-state index in [0.717, 1.165) is 22.2 Å². The van der Waals surface area contributed by atoms with Gasteiger partial charge in [0.25, 0.3) is 0 Å². The van der Waals surface area contributed by atoms with E-state index in [0.29, 0.717) is 17.2 Å². The first-order valence-electron chi connectivity index (χ1n) is 7.81. The third-order valence-electron chi connectivity index (χ3n) is 3.86. The number of hydrogen-bond acceptors (Lipinski definition) is 6. The minimum Gasteiger partial charge on any atom is -0.341 e. The molecule has 124 valence electrons. The van der Waals surface area contributed by atoms with Crippen LogP contribution in [-0.2, 0) is 0 Å². The van der Waals surface area contributed by atoms with Gasteiger partial charge in [-0.2, -0.15) is 10.2 Å². The van der Waals surface area contributed by atoms with E-state index >= 15 is 0 Å². The van der Waals surface area contributed by atoms with E-state index in [4.69, 9.17) is 5.26 Å². The van der Waals surface area contributed by atoms with Crippen LogP contribution in [0.25, 0.3) is 22.2 Å². The number of rotatable bonds is 3. The summed E-state index contributed by atoms with van der Waals surface area (Å²) in [5.41, 5.74) is 3.01. The number of aromatic nitrogens is 4. The first-order valence-corrected chi connectivity index (χ1v) is 7.81. The maximum atomic E-state index is 11.7. The minimum absolute atomic E-state index is 0.383. The third kappa shape index (κ3) is 2.99. The van der Waals surface area contributed by atoms with Crippen molar-refractivity contribution in [3.05, 3.63) is 77.1 Å². The lowest BCUT2D eigenvalue weighted by Gasteiger charge is -2.09. The van der Waals surface area contributed by atoms with Crippen LogP contribution >= 0.6 is 0 Å². The van der Waals surface area contributed by atoms with E-state index in [1.54, 1.807) is 24.5 Å². The number of anilines is 2. The molecule has 0 saturated heterocycles. The molecule has 0 fully saturated rings. The largest absolute Gasteiger partial charge is 0.348 e. The maximum absolute atomic E-state index is 11.7. The molecule has 7 nitrogen and oxygen atoms in total. The second kappa shape index (κ2) is 6.45. The van der Waals surface area contributed by atoms with Crippen molar-refractivity contribution < 1.29 is 0 Å². The Bertz CT molecular complexity index is 1170. The van der Waals surface area contributed by atoms with Gasteiger partial charge in [0.15, 0.2) is 5.65 Å². The molecule has 0 saturated carbocycles. The van der Waals surface area contributed by atoms with Crippen LogP contribution in [0.4, 0.5) is 11.5 Å². The van der Waals surface area contributed by atoms with Crippen LogP contribution in [-0.4, -0.2) is 19.9 Å². The van der Waals surface area contributed by atoms with Crippen molar-refractivity contribution in [1.29, 1.82) is 5.26 Å². The molecule has 26 heavy (non-hydrogen) atoms. The molecule has 3 aromatic heterocycles. The van der Waals surface area contributed by atoms with E-state index in [1.807, 2.05) is 42.5 Å². The third-order valence-corrected chi connectivity index (χ3v) is 3.86. The number of nitriles is 1. The molecule has 4 aromatic rings. The van der Waals surface area contributed by atoms with Crippen LogP contribution in [0.3, 0.4) is 0 Å². The number of H-pyrrole nitrogens is 1. The van der Waals surface area contributed by atoms with E-state index in [-0.39, 0.29) is 0 Å². The van der Waals surface area contributed by atoms with Crippen molar-refractivity contribution in [2.75, 3.05) is 5.32 Å². The first kappa shape index (κ1) is 15.5. The standard InChI is InChI=1S/C19H12N6O/c20-10-15-8-5-13(11-22-15)12-3-6-14(7-4-12)23-18-16-2-1-9-21-17(16)24-19(26)25-18/h1-9,11H,(H2,21,23,24,25,26). The van der Waals surface area contributed by atoms with E-state index in [1.165, 1.54) is 0 Å². The molecule has 0 spiro atoms. The van der Waals surface area contributed by atoms with Crippen molar-refractivity contribution in [2.24, 2.45) is 0 Å². The van der Waals surface area contributed by atoms with Gasteiger partial charge in [0.2, 0.25) is 0 Å². The van der Waals surface area contributed by atoms with Crippen molar-refractivity contribution in [2.45, 2.75) is 0 Å². The van der Waals surface area contributed by atoms with Crippen LogP contribution in [0.15, 0.2) is 65.7 Å². The number of fused-ring (bicyclic) bond motifs is 1. The van der Waals surface area contributed by atoms with E-state index < -0.39 is 5.69 Å². The molecule has 0 atom stereocenters. The van der Waals surface area contributed by atoms with Gasteiger partial charge in [-0.1, -0.05) is 12.1 Å². The Morgan fingerprint density at radius 2 is 1.81 bits per heavy atom. The fraction of sp³-hybridized carbons (Fsp3) is 0. The van der Waals surface area contributed by atoms with Gasteiger partial charge >= 0.3 is 5.69 Å². The molecule has 1 aromatic carbocycles. The Labute approximate surface area is 148 Å². The number of benzene rings is 1. The highest BCUT2D eigenvalue weighted by atomic mass is 16.1. The van der Waals surface area contributed by atoms with Crippen LogP contribution in [0.2, 0.25) is 0 Å². The average molecular weight is 340 g/mol. The smallest absolute Gasteiger partial charge is 0.341 e. The van der Waals surface area contributed by atoms with Crippen LogP contribution in [0, 0.1) is 11.3 Å². The van der Waals surface area contributed by atoms with Gasteiger partial charge in [0.1, 0.15) is 17.6 Å². The summed E-state index contributed by atoms with van der Waals surface area (Å²) >= 11 is 0. The fourth-order valence-corrected chi connectivity index (χ4v) is 2.60. The summed E-state index contributed by atoms with van der Waals surface area (Å²) in [4.78, 5) is 26.5. The van der Waals surface area contributed by atoms with Gasteiger partial charge in [0, 0.05) is 23.6 Å². The quantitative estimate of drug-likeness (QED) is 0.593. The molecular formula is C19H12N6O. The zero-order valence-electron chi connectivity index (χ0n) is 13.5. The summed E-state index contributed by atoms with van der Waals surface area (Å²) < 4.78 is 0. The lowest BCUT2D eigenvalue weighted by Crippen LogP contribution is -2.13. The lowest BCUT2D eigenvalue weighted by atomic mass is 10.1. The van der Waals surface area contributed by atoms with Gasteiger partial charge < -0.3 is 5.32 Å². The zero-order valence-corrected chi connectivity index (χ0v) is 13.5.